The van der Waals surface area contributed by atoms with E-state index >= 15 is 0 Å². The molecule has 0 rings (SSSR count). The van der Waals surface area contributed by atoms with Gasteiger partial charge in [0.15, 0.2) is 6.10 Å². The average molecular weight is 1090 g/mol. The molecule has 0 radical (unpaired) electrons. The number of unbranched alkanes of at least 4 members (excludes halogenated alkanes) is 22. The first-order chi connectivity index (χ1) is 39.0. The summed E-state index contributed by atoms with van der Waals surface area (Å²) in [4.78, 5) is 38.4. The summed E-state index contributed by atoms with van der Waals surface area (Å²) in [5, 5.41) is 0. The second-order valence-corrected chi connectivity index (χ2v) is 20.9. The minimum atomic E-state index is -0.801. The fourth-order valence-electron chi connectivity index (χ4n) is 8.59. The van der Waals surface area contributed by atoms with Crippen LogP contribution in [-0.2, 0) is 28.6 Å². The second-order valence-electron chi connectivity index (χ2n) is 20.9. The van der Waals surface area contributed by atoms with E-state index in [1.54, 1.807) is 0 Å². The average Bonchev–Trinajstić information content (AvgIpc) is 3.45. The highest BCUT2D eigenvalue weighted by Gasteiger charge is 2.19. The number of ether oxygens (including phenoxy) is 3. The van der Waals surface area contributed by atoms with Gasteiger partial charge in [-0.05, 0) is 135 Å². The van der Waals surface area contributed by atoms with Gasteiger partial charge in [0.25, 0.3) is 0 Å². The van der Waals surface area contributed by atoms with Gasteiger partial charge in [0.1, 0.15) is 13.2 Å². The number of hydrogen-bond donors (Lipinski definition) is 0. The van der Waals surface area contributed by atoms with Crippen molar-refractivity contribution in [3.8, 4) is 0 Å². The van der Waals surface area contributed by atoms with E-state index in [4.69, 9.17) is 14.2 Å². The van der Waals surface area contributed by atoms with Gasteiger partial charge in [0.2, 0.25) is 0 Å². The highest BCUT2D eigenvalue weighted by Crippen LogP contribution is 2.15. The summed E-state index contributed by atoms with van der Waals surface area (Å²) < 4.78 is 16.9. The monoisotopic (exact) mass is 1090 g/mol. The molecule has 1 unspecified atom stereocenters. The molecule has 0 aliphatic rings. The van der Waals surface area contributed by atoms with Gasteiger partial charge in [-0.1, -0.05) is 269 Å². The molecule has 0 saturated carbocycles. The van der Waals surface area contributed by atoms with Crippen LogP contribution in [0.4, 0.5) is 0 Å². The van der Waals surface area contributed by atoms with Gasteiger partial charge in [-0.15, -0.1) is 0 Å². The summed E-state index contributed by atoms with van der Waals surface area (Å²) >= 11 is 0. The van der Waals surface area contributed by atoms with Gasteiger partial charge in [-0.3, -0.25) is 14.4 Å². The van der Waals surface area contributed by atoms with Gasteiger partial charge in [-0.25, -0.2) is 0 Å². The van der Waals surface area contributed by atoms with Crippen molar-refractivity contribution in [2.45, 2.75) is 284 Å². The van der Waals surface area contributed by atoms with E-state index in [1.165, 1.54) is 77.0 Å². The van der Waals surface area contributed by atoms with E-state index in [2.05, 4.69) is 167 Å². The lowest BCUT2D eigenvalue weighted by Gasteiger charge is -2.18. The molecule has 0 N–H and O–H groups in total. The quantitative estimate of drug-likeness (QED) is 0.0261. The number of carbonyl (C=O) groups excluding carboxylic acids is 3. The Morgan fingerprint density at radius 3 is 0.709 bits per heavy atom. The first-order valence-corrected chi connectivity index (χ1v) is 32.3. The van der Waals surface area contributed by atoms with E-state index in [9.17, 15) is 14.4 Å². The van der Waals surface area contributed by atoms with Crippen molar-refractivity contribution < 1.29 is 28.6 Å². The van der Waals surface area contributed by atoms with Crippen LogP contribution in [0.2, 0.25) is 0 Å². The Morgan fingerprint density at radius 2 is 0.456 bits per heavy atom. The van der Waals surface area contributed by atoms with Crippen LogP contribution in [0, 0.1) is 0 Å². The molecule has 0 spiro atoms. The summed E-state index contributed by atoms with van der Waals surface area (Å²) in [7, 11) is 0. The Hall–Kier alpha value is -4.71. The fraction of sp³-hybridized carbons (Fsp3) is 0.630. The number of esters is 3. The Bertz CT molecular complexity index is 1730. The van der Waals surface area contributed by atoms with E-state index in [0.717, 1.165) is 161 Å². The smallest absolute Gasteiger partial charge is 0.306 e. The van der Waals surface area contributed by atoms with Gasteiger partial charge < -0.3 is 14.2 Å². The van der Waals surface area contributed by atoms with Crippen LogP contribution in [0.25, 0.3) is 0 Å². The van der Waals surface area contributed by atoms with E-state index in [-0.39, 0.29) is 31.1 Å². The van der Waals surface area contributed by atoms with Gasteiger partial charge in [0, 0.05) is 19.3 Å². The first kappa shape index (κ1) is 74.3. The summed E-state index contributed by atoms with van der Waals surface area (Å²) in [5.74, 6) is -0.923. The van der Waals surface area contributed by atoms with E-state index in [1.807, 2.05) is 0 Å². The molecule has 1 atom stereocenters. The summed E-state index contributed by atoms with van der Waals surface area (Å²) in [5.41, 5.74) is 0. The van der Waals surface area contributed by atoms with E-state index in [0.29, 0.717) is 19.3 Å². The molecule has 0 aliphatic carbocycles. The van der Waals surface area contributed by atoms with Crippen molar-refractivity contribution in [1.29, 1.82) is 0 Å². The topological polar surface area (TPSA) is 78.9 Å². The second kappa shape index (κ2) is 65.8. The molecule has 0 heterocycles. The molecule has 0 saturated heterocycles. The molecular weight excluding hydrogens is 973 g/mol. The van der Waals surface area contributed by atoms with Crippen LogP contribution < -0.4 is 0 Å². The Kier molecular flexibility index (Phi) is 61.9. The van der Waals surface area contributed by atoms with Crippen LogP contribution >= 0.6 is 0 Å². The summed E-state index contributed by atoms with van der Waals surface area (Å²) in [6.07, 6.45) is 94.1. The maximum atomic E-state index is 12.9. The number of carbonyl (C=O) groups is 3. The highest BCUT2D eigenvalue weighted by molar-refractivity contribution is 5.71. The van der Waals surface area contributed by atoms with E-state index < -0.39 is 6.10 Å². The highest BCUT2D eigenvalue weighted by atomic mass is 16.6. The number of hydrogen-bond acceptors (Lipinski definition) is 6. The summed E-state index contributed by atoms with van der Waals surface area (Å²) in [6.45, 7) is 6.29. The fourth-order valence-corrected chi connectivity index (χ4v) is 8.59. The Labute approximate surface area is 487 Å². The maximum Gasteiger partial charge on any atom is 0.306 e. The van der Waals surface area contributed by atoms with Crippen molar-refractivity contribution in [2.24, 2.45) is 0 Å². The van der Waals surface area contributed by atoms with Crippen LogP contribution in [0.15, 0.2) is 146 Å². The van der Waals surface area contributed by atoms with Crippen LogP contribution in [-0.4, -0.2) is 37.2 Å². The predicted molar refractivity (Wildman–Crippen MR) is 343 cm³/mol. The van der Waals surface area contributed by atoms with Crippen molar-refractivity contribution >= 4 is 17.9 Å². The van der Waals surface area contributed by atoms with Crippen molar-refractivity contribution in [3.63, 3.8) is 0 Å². The van der Waals surface area contributed by atoms with Crippen molar-refractivity contribution in [3.05, 3.63) is 146 Å². The minimum Gasteiger partial charge on any atom is -0.462 e. The van der Waals surface area contributed by atoms with Gasteiger partial charge in [0.05, 0.1) is 0 Å². The lowest BCUT2D eigenvalue weighted by Crippen LogP contribution is -2.30. The molecule has 0 amide bonds. The van der Waals surface area contributed by atoms with Crippen molar-refractivity contribution in [1.82, 2.24) is 0 Å². The third-order valence-electron chi connectivity index (χ3n) is 13.3. The van der Waals surface area contributed by atoms with Crippen LogP contribution in [0.1, 0.15) is 278 Å². The zero-order valence-corrected chi connectivity index (χ0v) is 51.1. The lowest BCUT2D eigenvalue weighted by molar-refractivity contribution is -0.167. The SMILES string of the molecule is CC/C=C\C/C=C\C/C=C\C/C=C\CCCCCCCCCCC(=O)OCC(COC(=O)CCCCCCCC/C=C\C/C=C\C/C=C\C/C=C\CC)OC(=O)CCCCCCCCCC/C=C\C/C=C\C/C=C\C/C=C\CC. The molecule has 0 aliphatic heterocycles. The molecule has 0 bridgehead atoms. The molecule has 0 fully saturated rings. The van der Waals surface area contributed by atoms with Crippen molar-refractivity contribution in [2.75, 3.05) is 13.2 Å². The maximum absolute atomic E-state index is 12.9. The largest absolute Gasteiger partial charge is 0.462 e. The molecule has 6 nitrogen and oxygen atoms in total. The zero-order chi connectivity index (χ0) is 57.1. The van der Waals surface area contributed by atoms with Crippen LogP contribution in [0.3, 0.4) is 0 Å². The Morgan fingerprint density at radius 1 is 0.253 bits per heavy atom. The van der Waals surface area contributed by atoms with Crippen LogP contribution in [0.5, 0.6) is 0 Å². The minimum absolute atomic E-state index is 0.0953. The molecule has 0 aromatic carbocycles. The molecule has 0 aromatic heterocycles. The molecule has 79 heavy (non-hydrogen) atoms. The third kappa shape index (κ3) is 64.0. The van der Waals surface area contributed by atoms with Gasteiger partial charge >= 0.3 is 17.9 Å². The standard InChI is InChI=1S/C73H118O6/c1-4-7-10-13-16-19-22-25-28-31-34-36-39-42-45-48-51-54-57-60-63-66-72(75)78-69-70(68-77-71(74)65-62-59-56-53-50-47-44-41-38-33-30-27-24-21-18-15-12-9-6-3)79-73(76)67-64-61-58-55-52-49-46-43-40-37-35-32-29-26-23-20-17-14-11-8-5-2/h7-12,16-21,25-30,34-38,41,70H,4-6,13-15,22-24,31-33,39-40,42-69H2,1-3H3/b10-7-,11-8-,12-9-,19-16-,20-17-,21-18-,28-25-,29-26-,30-27-,36-34-,37-35-,41-38-. The zero-order valence-electron chi connectivity index (χ0n) is 51.1. The molecular formula is C73H118O6. The first-order valence-electron chi connectivity index (χ1n) is 32.3. The molecule has 446 valence electrons. The molecule has 0 aromatic rings. The lowest BCUT2D eigenvalue weighted by atomic mass is 10.1. The number of rotatable bonds is 57. The Balaban J connectivity index is 4.47. The predicted octanol–water partition coefficient (Wildman–Crippen LogP) is 22.3. The summed E-state index contributed by atoms with van der Waals surface area (Å²) in [6, 6.07) is 0. The number of allylic oxidation sites excluding steroid dienone is 24. The third-order valence-corrected chi connectivity index (χ3v) is 13.3. The normalized spacial score (nSPS) is 13.1. The van der Waals surface area contributed by atoms with Gasteiger partial charge in [-0.2, -0.15) is 0 Å². The molecule has 6 heteroatoms.